The van der Waals surface area contributed by atoms with E-state index in [9.17, 15) is 0 Å². The third kappa shape index (κ3) is 4.87. The van der Waals surface area contributed by atoms with Gasteiger partial charge < -0.3 is 5.32 Å². The fraction of sp³-hybridized carbons (Fsp3) is 0.462. The molecule has 0 saturated heterocycles. The van der Waals surface area contributed by atoms with Gasteiger partial charge in [0.2, 0.25) is 5.96 Å². The Kier molecular flexibility index (Phi) is 5.49. The van der Waals surface area contributed by atoms with Gasteiger partial charge in [-0.05, 0) is 18.4 Å². The SMILES string of the molecule is CC(C)CN=C(NN)NC(C)c1ccccc1. The summed E-state index contributed by atoms with van der Waals surface area (Å²) in [6, 6.07) is 10.4. The summed E-state index contributed by atoms with van der Waals surface area (Å²) in [5, 5.41) is 3.25. The van der Waals surface area contributed by atoms with Gasteiger partial charge in [-0.2, -0.15) is 0 Å². The number of nitrogens with two attached hydrogens (primary N) is 1. The number of hydrogen-bond donors (Lipinski definition) is 3. The number of aliphatic imine (C=N–C) groups is 1. The molecule has 4 nitrogen and oxygen atoms in total. The van der Waals surface area contributed by atoms with Crippen molar-refractivity contribution in [2.45, 2.75) is 26.8 Å². The molecular formula is C13H22N4. The number of nitrogens with zero attached hydrogens (tertiary/aromatic N) is 1. The summed E-state index contributed by atoms with van der Waals surface area (Å²) in [6.07, 6.45) is 0. The Morgan fingerprint density at radius 2 is 1.88 bits per heavy atom. The second-order valence-corrected chi connectivity index (χ2v) is 4.50. The molecule has 0 heterocycles. The second kappa shape index (κ2) is 6.91. The van der Waals surface area contributed by atoms with Gasteiger partial charge in [0, 0.05) is 6.54 Å². The van der Waals surface area contributed by atoms with Crippen molar-refractivity contribution in [3.8, 4) is 0 Å². The van der Waals surface area contributed by atoms with Crippen LogP contribution in [-0.4, -0.2) is 12.5 Å². The highest BCUT2D eigenvalue weighted by atomic mass is 15.3. The van der Waals surface area contributed by atoms with Crippen molar-refractivity contribution >= 4 is 5.96 Å². The first-order valence-electron chi connectivity index (χ1n) is 5.96. The number of rotatable bonds is 4. The molecule has 17 heavy (non-hydrogen) atoms. The molecule has 0 saturated carbocycles. The van der Waals surface area contributed by atoms with Crippen LogP contribution in [0.15, 0.2) is 35.3 Å². The van der Waals surface area contributed by atoms with Crippen LogP contribution < -0.4 is 16.6 Å². The van der Waals surface area contributed by atoms with Gasteiger partial charge in [-0.25, -0.2) is 5.84 Å². The summed E-state index contributed by atoms with van der Waals surface area (Å²) in [5.41, 5.74) is 3.81. The van der Waals surface area contributed by atoms with E-state index in [0.717, 1.165) is 6.54 Å². The predicted octanol–water partition coefficient (Wildman–Crippen LogP) is 1.81. The van der Waals surface area contributed by atoms with E-state index in [2.05, 4.69) is 48.6 Å². The third-order valence-electron chi connectivity index (χ3n) is 2.40. The summed E-state index contributed by atoms with van der Waals surface area (Å²) in [7, 11) is 0. The lowest BCUT2D eigenvalue weighted by Gasteiger charge is -2.17. The Balaban J connectivity index is 2.59. The number of nitrogens with one attached hydrogen (secondary N) is 2. The standard InChI is InChI=1S/C13H22N4/c1-10(2)9-15-13(17-14)16-11(3)12-7-5-4-6-8-12/h4-8,10-11H,9,14H2,1-3H3,(H2,15,16,17). The minimum Gasteiger partial charge on any atom is -0.349 e. The van der Waals surface area contributed by atoms with Crippen LogP contribution in [-0.2, 0) is 0 Å². The zero-order valence-corrected chi connectivity index (χ0v) is 10.8. The number of guanidine groups is 1. The fourth-order valence-electron chi connectivity index (χ4n) is 1.44. The lowest BCUT2D eigenvalue weighted by Crippen LogP contribution is -2.42. The van der Waals surface area contributed by atoms with Gasteiger partial charge in [-0.1, -0.05) is 44.2 Å². The van der Waals surface area contributed by atoms with Gasteiger partial charge in [0.25, 0.3) is 0 Å². The minimum atomic E-state index is 0.179. The van der Waals surface area contributed by atoms with Crippen molar-refractivity contribution in [2.24, 2.45) is 16.8 Å². The molecule has 0 aliphatic carbocycles. The molecule has 4 heteroatoms. The molecular weight excluding hydrogens is 212 g/mol. The molecule has 1 aromatic carbocycles. The number of benzene rings is 1. The van der Waals surface area contributed by atoms with E-state index in [-0.39, 0.29) is 6.04 Å². The zero-order valence-electron chi connectivity index (χ0n) is 10.8. The average molecular weight is 234 g/mol. The highest BCUT2D eigenvalue weighted by Gasteiger charge is 2.06. The van der Waals surface area contributed by atoms with E-state index in [1.807, 2.05) is 18.2 Å². The van der Waals surface area contributed by atoms with Gasteiger partial charge in [-0.15, -0.1) is 0 Å². The first-order valence-corrected chi connectivity index (χ1v) is 5.96. The molecule has 0 aliphatic rings. The number of hydrogen-bond acceptors (Lipinski definition) is 2. The maximum absolute atomic E-state index is 5.44. The van der Waals surface area contributed by atoms with E-state index in [0.29, 0.717) is 11.9 Å². The molecule has 0 fully saturated rings. The van der Waals surface area contributed by atoms with Crippen LogP contribution in [0.1, 0.15) is 32.4 Å². The molecule has 0 aliphatic heterocycles. The smallest absolute Gasteiger partial charge is 0.206 e. The highest BCUT2D eigenvalue weighted by molar-refractivity contribution is 5.79. The van der Waals surface area contributed by atoms with Gasteiger partial charge in [-0.3, -0.25) is 10.4 Å². The maximum Gasteiger partial charge on any atom is 0.206 e. The summed E-state index contributed by atoms with van der Waals surface area (Å²) in [5.74, 6) is 6.60. The lowest BCUT2D eigenvalue weighted by atomic mass is 10.1. The first kappa shape index (κ1) is 13.5. The van der Waals surface area contributed by atoms with Crippen molar-refractivity contribution in [3.63, 3.8) is 0 Å². The van der Waals surface area contributed by atoms with E-state index < -0.39 is 0 Å². The minimum absolute atomic E-state index is 0.179. The van der Waals surface area contributed by atoms with E-state index >= 15 is 0 Å². The van der Waals surface area contributed by atoms with Crippen molar-refractivity contribution in [3.05, 3.63) is 35.9 Å². The van der Waals surface area contributed by atoms with E-state index in [1.165, 1.54) is 5.56 Å². The van der Waals surface area contributed by atoms with Crippen LogP contribution in [0.4, 0.5) is 0 Å². The Morgan fingerprint density at radius 1 is 1.24 bits per heavy atom. The maximum atomic E-state index is 5.44. The predicted molar refractivity (Wildman–Crippen MR) is 72.5 cm³/mol. The molecule has 0 aromatic heterocycles. The quantitative estimate of drug-likeness (QED) is 0.322. The van der Waals surface area contributed by atoms with Crippen LogP contribution >= 0.6 is 0 Å². The second-order valence-electron chi connectivity index (χ2n) is 4.50. The van der Waals surface area contributed by atoms with Crippen LogP contribution in [0.3, 0.4) is 0 Å². The molecule has 1 atom stereocenters. The topological polar surface area (TPSA) is 62.4 Å². The molecule has 94 valence electrons. The van der Waals surface area contributed by atoms with Crippen LogP contribution in [0.2, 0.25) is 0 Å². The molecule has 0 bridgehead atoms. The van der Waals surface area contributed by atoms with Crippen molar-refractivity contribution in [1.82, 2.24) is 10.7 Å². The Hall–Kier alpha value is -1.55. The summed E-state index contributed by atoms with van der Waals surface area (Å²) in [4.78, 5) is 4.38. The highest BCUT2D eigenvalue weighted by Crippen LogP contribution is 2.10. The number of hydrazine groups is 1. The summed E-state index contributed by atoms with van der Waals surface area (Å²) in [6.45, 7) is 7.09. The average Bonchev–Trinajstić information content (AvgIpc) is 2.35. The van der Waals surface area contributed by atoms with E-state index in [1.54, 1.807) is 0 Å². The van der Waals surface area contributed by atoms with Gasteiger partial charge >= 0.3 is 0 Å². The van der Waals surface area contributed by atoms with Crippen molar-refractivity contribution in [1.29, 1.82) is 0 Å². The largest absolute Gasteiger partial charge is 0.349 e. The summed E-state index contributed by atoms with van der Waals surface area (Å²) < 4.78 is 0. The molecule has 4 N–H and O–H groups in total. The van der Waals surface area contributed by atoms with E-state index in [4.69, 9.17) is 5.84 Å². The third-order valence-corrected chi connectivity index (χ3v) is 2.40. The van der Waals surface area contributed by atoms with Crippen molar-refractivity contribution in [2.75, 3.05) is 6.54 Å². The summed E-state index contributed by atoms with van der Waals surface area (Å²) >= 11 is 0. The van der Waals surface area contributed by atoms with Gasteiger partial charge in [0.15, 0.2) is 0 Å². The fourth-order valence-corrected chi connectivity index (χ4v) is 1.44. The van der Waals surface area contributed by atoms with Gasteiger partial charge in [0.05, 0.1) is 6.04 Å². The molecule has 0 amide bonds. The lowest BCUT2D eigenvalue weighted by molar-refractivity contribution is 0.643. The molecule has 1 rings (SSSR count). The Bertz CT molecular complexity index is 346. The molecule has 0 spiro atoms. The van der Waals surface area contributed by atoms with Gasteiger partial charge in [0.1, 0.15) is 0 Å². The van der Waals surface area contributed by atoms with Crippen LogP contribution in [0.25, 0.3) is 0 Å². The molecule has 1 aromatic rings. The van der Waals surface area contributed by atoms with Crippen molar-refractivity contribution < 1.29 is 0 Å². The van der Waals surface area contributed by atoms with Crippen LogP contribution in [0.5, 0.6) is 0 Å². The Morgan fingerprint density at radius 3 is 2.41 bits per heavy atom. The monoisotopic (exact) mass is 234 g/mol. The Labute approximate surface area is 103 Å². The van der Waals surface area contributed by atoms with Crippen LogP contribution in [0, 0.1) is 5.92 Å². The normalized spacial score (nSPS) is 13.6. The molecule has 0 radical (unpaired) electrons. The first-order chi connectivity index (χ1) is 8.13. The zero-order chi connectivity index (χ0) is 12.7. The molecule has 1 unspecified atom stereocenters.